The number of anilines is 1. The van der Waals surface area contributed by atoms with E-state index >= 15 is 0 Å². The number of amides is 1. The molecule has 3 aromatic rings. The molecule has 0 aliphatic rings. The molecule has 0 saturated heterocycles. The Kier molecular flexibility index (Phi) is 6.13. The van der Waals surface area contributed by atoms with Crippen LogP contribution in [0.2, 0.25) is 5.02 Å². The molecule has 0 bridgehead atoms. The van der Waals surface area contributed by atoms with Crippen molar-refractivity contribution in [3.63, 3.8) is 0 Å². The molecule has 27 heavy (non-hydrogen) atoms. The summed E-state index contributed by atoms with van der Waals surface area (Å²) in [5, 5.41) is 15.5. The lowest BCUT2D eigenvalue weighted by Gasteiger charge is -2.12. The van der Waals surface area contributed by atoms with Crippen LogP contribution in [0.15, 0.2) is 53.7 Å². The first-order chi connectivity index (χ1) is 12.9. The number of rotatable bonds is 6. The zero-order chi connectivity index (χ0) is 19.4. The highest BCUT2D eigenvalue weighted by molar-refractivity contribution is 8.00. The Morgan fingerprint density at radius 3 is 2.37 bits per heavy atom. The maximum Gasteiger partial charge on any atom is 0.237 e. The Bertz CT molecular complexity index is 909. The van der Waals surface area contributed by atoms with Gasteiger partial charge in [0, 0.05) is 10.7 Å². The minimum atomic E-state index is -0.375. The zero-order valence-corrected chi connectivity index (χ0v) is 16.8. The summed E-state index contributed by atoms with van der Waals surface area (Å²) in [7, 11) is 0. The van der Waals surface area contributed by atoms with E-state index < -0.39 is 0 Å². The second-order valence-electron chi connectivity index (χ2n) is 6.38. The number of hydrogen-bond donors (Lipinski definition) is 1. The third-order valence-corrected chi connectivity index (χ3v) is 5.29. The summed E-state index contributed by atoms with van der Waals surface area (Å²) in [5.41, 5.74) is 2.80. The fourth-order valence-electron chi connectivity index (χ4n) is 2.40. The molecule has 1 atom stereocenters. The first-order valence-electron chi connectivity index (χ1n) is 8.56. The summed E-state index contributed by atoms with van der Waals surface area (Å²) in [5.74, 6) is 0.324. The van der Waals surface area contributed by atoms with Gasteiger partial charge in [-0.2, -0.15) is 4.68 Å². The lowest BCUT2D eigenvalue weighted by atomic mass is 10.0. The van der Waals surface area contributed by atoms with Crippen molar-refractivity contribution in [2.75, 3.05) is 5.32 Å². The molecule has 1 amide bonds. The molecule has 0 saturated carbocycles. The number of carbonyl (C=O) groups excluding carboxylic acids is 1. The highest BCUT2D eigenvalue weighted by atomic mass is 35.5. The van der Waals surface area contributed by atoms with E-state index in [0.717, 1.165) is 5.69 Å². The van der Waals surface area contributed by atoms with E-state index in [1.165, 1.54) is 17.3 Å². The third-order valence-electron chi connectivity index (χ3n) is 4.01. The zero-order valence-electron chi connectivity index (χ0n) is 15.3. The van der Waals surface area contributed by atoms with Gasteiger partial charge in [0.15, 0.2) is 0 Å². The summed E-state index contributed by atoms with van der Waals surface area (Å²) in [6, 6.07) is 15.1. The lowest BCUT2D eigenvalue weighted by Crippen LogP contribution is -2.22. The van der Waals surface area contributed by atoms with Crippen molar-refractivity contribution in [1.29, 1.82) is 0 Å². The van der Waals surface area contributed by atoms with E-state index in [0.29, 0.717) is 21.8 Å². The SMILES string of the molecule is CC(C)c1ccc(-n2nnnc2S[C@H](C)C(=O)Nc2ccc(Cl)cc2)cc1. The molecule has 6 nitrogen and oxygen atoms in total. The minimum Gasteiger partial charge on any atom is -0.325 e. The normalized spacial score (nSPS) is 12.2. The van der Waals surface area contributed by atoms with Crippen LogP contribution < -0.4 is 5.32 Å². The van der Waals surface area contributed by atoms with Crippen LogP contribution in [-0.4, -0.2) is 31.4 Å². The van der Waals surface area contributed by atoms with Crippen molar-refractivity contribution in [2.24, 2.45) is 0 Å². The van der Waals surface area contributed by atoms with Gasteiger partial charge in [0.1, 0.15) is 0 Å². The molecule has 0 aliphatic carbocycles. The molecule has 2 aromatic carbocycles. The van der Waals surface area contributed by atoms with E-state index in [1.807, 2.05) is 19.1 Å². The fourth-order valence-corrected chi connectivity index (χ4v) is 3.34. The van der Waals surface area contributed by atoms with E-state index in [2.05, 4.69) is 46.8 Å². The van der Waals surface area contributed by atoms with Crippen molar-refractivity contribution in [3.8, 4) is 5.69 Å². The smallest absolute Gasteiger partial charge is 0.237 e. The Hall–Kier alpha value is -2.38. The summed E-state index contributed by atoms with van der Waals surface area (Å²) in [6.45, 7) is 6.11. The predicted molar refractivity (Wildman–Crippen MR) is 109 cm³/mol. The van der Waals surface area contributed by atoms with Crippen molar-refractivity contribution in [3.05, 3.63) is 59.1 Å². The maximum absolute atomic E-state index is 12.4. The Morgan fingerprint density at radius 2 is 1.74 bits per heavy atom. The largest absolute Gasteiger partial charge is 0.325 e. The van der Waals surface area contributed by atoms with Crippen LogP contribution in [0.5, 0.6) is 0 Å². The average Bonchev–Trinajstić information content (AvgIpc) is 3.11. The number of nitrogens with one attached hydrogen (secondary N) is 1. The number of halogens is 1. The van der Waals surface area contributed by atoms with E-state index in [-0.39, 0.29) is 11.2 Å². The van der Waals surface area contributed by atoms with Crippen LogP contribution >= 0.6 is 23.4 Å². The Balaban J connectivity index is 1.69. The van der Waals surface area contributed by atoms with Crippen LogP contribution in [0.1, 0.15) is 32.3 Å². The maximum atomic E-state index is 12.4. The van der Waals surface area contributed by atoms with Crippen molar-refractivity contribution in [2.45, 2.75) is 37.1 Å². The second kappa shape index (κ2) is 8.54. The molecular weight excluding hydrogens is 382 g/mol. The number of benzene rings is 2. The topological polar surface area (TPSA) is 72.7 Å². The number of nitrogens with zero attached hydrogens (tertiary/aromatic N) is 4. The van der Waals surface area contributed by atoms with Gasteiger partial charge in [-0.05, 0) is 65.2 Å². The highest BCUT2D eigenvalue weighted by Crippen LogP contribution is 2.25. The van der Waals surface area contributed by atoms with Crippen molar-refractivity contribution in [1.82, 2.24) is 20.2 Å². The predicted octanol–water partition coefficient (Wildman–Crippen LogP) is 4.56. The minimum absolute atomic E-state index is 0.132. The Morgan fingerprint density at radius 1 is 1.07 bits per heavy atom. The fraction of sp³-hybridized carbons (Fsp3) is 0.263. The van der Waals surface area contributed by atoms with Gasteiger partial charge in [-0.15, -0.1) is 5.10 Å². The van der Waals surface area contributed by atoms with E-state index in [9.17, 15) is 4.79 Å². The van der Waals surface area contributed by atoms with E-state index in [1.54, 1.807) is 28.9 Å². The van der Waals surface area contributed by atoms with Crippen LogP contribution in [0.25, 0.3) is 5.69 Å². The average molecular weight is 402 g/mol. The molecule has 0 unspecified atom stereocenters. The summed E-state index contributed by atoms with van der Waals surface area (Å²) < 4.78 is 1.64. The molecule has 8 heteroatoms. The Labute approximate surface area is 167 Å². The summed E-state index contributed by atoms with van der Waals surface area (Å²) in [4.78, 5) is 12.4. The van der Waals surface area contributed by atoms with Crippen LogP contribution in [0, 0.1) is 0 Å². The summed E-state index contributed by atoms with van der Waals surface area (Å²) in [6.07, 6.45) is 0. The molecule has 140 valence electrons. The number of aromatic nitrogens is 4. The number of tetrazole rings is 1. The second-order valence-corrected chi connectivity index (χ2v) is 8.12. The number of hydrogen-bond acceptors (Lipinski definition) is 5. The number of thioether (sulfide) groups is 1. The van der Waals surface area contributed by atoms with Gasteiger partial charge in [0.05, 0.1) is 10.9 Å². The van der Waals surface area contributed by atoms with Gasteiger partial charge in [-0.3, -0.25) is 4.79 Å². The highest BCUT2D eigenvalue weighted by Gasteiger charge is 2.19. The third kappa shape index (κ3) is 4.87. The molecule has 0 aliphatic heterocycles. The number of carbonyl (C=O) groups is 1. The van der Waals surface area contributed by atoms with Crippen LogP contribution in [-0.2, 0) is 4.79 Å². The first kappa shape index (κ1) is 19.4. The van der Waals surface area contributed by atoms with Crippen LogP contribution in [0.4, 0.5) is 5.69 Å². The van der Waals surface area contributed by atoms with Gasteiger partial charge in [0.25, 0.3) is 0 Å². The van der Waals surface area contributed by atoms with Gasteiger partial charge in [0.2, 0.25) is 11.1 Å². The lowest BCUT2D eigenvalue weighted by molar-refractivity contribution is -0.115. The van der Waals surface area contributed by atoms with Gasteiger partial charge >= 0.3 is 0 Å². The summed E-state index contributed by atoms with van der Waals surface area (Å²) >= 11 is 7.17. The monoisotopic (exact) mass is 401 g/mol. The van der Waals surface area contributed by atoms with Crippen molar-refractivity contribution >= 4 is 35.0 Å². The van der Waals surface area contributed by atoms with Gasteiger partial charge in [-0.25, -0.2) is 0 Å². The molecule has 1 heterocycles. The molecule has 1 N–H and O–H groups in total. The molecule has 0 fully saturated rings. The first-order valence-corrected chi connectivity index (χ1v) is 9.81. The molecule has 0 radical (unpaired) electrons. The molecule has 3 rings (SSSR count). The van der Waals surface area contributed by atoms with Gasteiger partial charge < -0.3 is 5.32 Å². The van der Waals surface area contributed by atoms with Crippen molar-refractivity contribution < 1.29 is 4.79 Å². The molecular formula is C19H20ClN5OS. The molecule has 0 spiro atoms. The van der Waals surface area contributed by atoms with Gasteiger partial charge in [-0.1, -0.05) is 49.3 Å². The standard InChI is InChI=1S/C19H20ClN5OS/c1-12(2)14-4-10-17(11-5-14)25-19(22-23-24-25)27-13(3)18(26)21-16-8-6-15(20)7-9-16/h4-13H,1-3H3,(H,21,26)/t13-/m1/s1. The quantitative estimate of drug-likeness (QED) is 0.613. The van der Waals surface area contributed by atoms with E-state index in [4.69, 9.17) is 11.6 Å². The molecule has 1 aromatic heterocycles. The van der Waals surface area contributed by atoms with Crippen LogP contribution in [0.3, 0.4) is 0 Å².